The van der Waals surface area contributed by atoms with Crippen LogP contribution in [0.25, 0.3) is 0 Å². The summed E-state index contributed by atoms with van der Waals surface area (Å²) in [5, 5.41) is 9.14. The number of aromatic amines is 1. The third-order valence-electron chi connectivity index (χ3n) is 3.46. The van der Waals surface area contributed by atoms with Gasteiger partial charge in [0.2, 0.25) is 11.9 Å². The van der Waals surface area contributed by atoms with Crippen LogP contribution in [0, 0.1) is 11.3 Å². The Balaban J connectivity index is 2.01. The van der Waals surface area contributed by atoms with E-state index in [1.807, 2.05) is 0 Å². The number of rotatable bonds is 3. The quantitative estimate of drug-likeness (QED) is 0.837. The highest BCUT2D eigenvalue weighted by atomic mass is 16.5. The number of carbonyl (C=O) groups excluding carboxylic acids is 1. The summed E-state index contributed by atoms with van der Waals surface area (Å²) in [6, 6.07) is 0.228. The van der Waals surface area contributed by atoms with Gasteiger partial charge in [0.05, 0.1) is 7.11 Å². The zero-order chi connectivity index (χ0) is 12.5. The van der Waals surface area contributed by atoms with E-state index in [9.17, 15) is 4.79 Å². The van der Waals surface area contributed by atoms with Crippen molar-refractivity contribution < 1.29 is 9.53 Å². The lowest BCUT2D eigenvalue weighted by Crippen LogP contribution is -2.31. The van der Waals surface area contributed by atoms with Crippen molar-refractivity contribution in [1.82, 2.24) is 15.2 Å². The lowest BCUT2D eigenvalue weighted by molar-refractivity contribution is -0.122. The third kappa shape index (κ3) is 2.40. The van der Waals surface area contributed by atoms with Crippen LogP contribution in [-0.2, 0) is 4.79 Å². The summed E-state index contributed by atoms with van der Waals surface area (Å²) in [7, 11) is 1.48. The number of H-pyrrole nitrogens is 1. The van der Waals surface area contributed by atoms with Crippen LogP contribution in [-0.4, -0.2) is 28.2 Å². The maximum absolute atomic E-state index is 12.1. The van der Waals surface area contributed by atoms with Crippen LogP contribution in [0.3, 0.4) is 0 Å². The van der Waals surface area contributed by atoms with Gasteiger partial charge in [-0.25, -0.2) is 5.10 Å². The molecule has 0 aliphatic heterocycles. The Morgan fingerprint density at radius 3 is 2.88 bits per heavy atom. The summed E-state index contributed by atoms with van der Waals surface area (Å²) in [5.41, 5.74) is 0.0637. The predicted octanol–water partition coefficient (Wildman–Crippen LogP) is 1.58. The van der Waals surface area contributed by atoms with Gasteiger partial charge in [-0.2, -0.15) is 4.98 Å². The Kier molecular flexibility index (Phi) is 3.04. The standard InChI is InChI=1S/C11H18N4O2/c1-11(2)6-4-5-7(11)8(16)12-9-13-10(17-3)15-14-9/h7H,4-6H2,1-3H3,(H2,12,13,14,15,16). The molecule has 0 spiro atoms. The number of nitrogens with one attached hydrogen (secondary N) is 2. The first kappa shape index (κ1) is 11.9. The third-order valence-corrected chi connectivity index (χ3v) is 3.46. The van der Waals surface area contributed by atoms with Gasteiger partial charge in [-0.3, -0.25) is 10.1 Å². The maximum atomic E-state index is 12.1. The largest absolute Gasteiger partial charge is 0.466 e. The lowest BCUT2D eigenvalue weighted by atomic mass is 9.81. The van der Waals surface area contributed by atoms with Crippen molar-refractivity contribution >= 4 is 11.9 Å². The second-order valence-electron chi connectivity index (χ2n) is 5.09. The molecule has 1 fully saturated rings. The summed E-state index contributed by atoms with van der Waals surface area (Å²) in [6.45, 7) is 4.26. The molecule has 1 aliphatic rings. The Morgan fingerprint density at radius 1 is 1.59 bits per heavy atom. The molecular weight excluding hydrogens is 220 g/mol. The topological polar surface area (TPSA) is 79.9 Å². The van der Waals surface area contributed by atoms with Crippen molar-refractivity contribution in [2.24, 2.45) is 11.3 Å². The van der Waals surface area contributed by atoms with Crippen molar-refractivity contribution in [1.29, 1.82) is 0 Å². The zero-order valence-corrected chi connectivity index (χ0v) is 10.4. The van der Waals surface area contributed by atoms with E-state index >= 15 is 0 Å². The Hall–Kier alpha value is -1.59. The van der Waals surface area contributed by atoms with Crippen molar-refractivity contribution in [2.75, 3.05) is 12.4 Å². The van der Waals surface area contributed by atoms with Crippen molar-refractivity contribution in [3.63, 3.8) is 0 Å². The fourth-order valence-corrected chi connectivity index (χ4v) is 2.41. The van der Waals surface area contributed by atoms with E-state index in [0.717, 1.165) is 19.3 Å². The summed E-state index contributed by atoms with van der Waals surface area (Å²) < 4.78 is 4.84. The van der Waals surface area contributed by atoms with Gasteiger partial charge in [-0.15, -0.1) is 5.10 Å². The molecule has 6 nitrogen and oxygen atoms in total. The van der Waals surface area contributed by atoms with Gasteiger partial charge in [0, 0.05) is 5.92 Å². The van der Waals surface area contributed by atoms with Crippen LogP contribution in [0.4, 0.5) is 5.95 Å². The fraction of sp³-hybridized carbons (Fsp3) is 0.727. The minimum absolute atomic E-state index is 0.00584. The molecule has 1 aromatic heterocycles. The van der Waals surface area contributed by atoms with Gasteiger partial charge in [-0.05, 0) is 18.3 Å². The molecular formula is C11H18N4O2. The van der Waals surface area contributed by atoms with E-state index in [2.05, 4.69) is 34.3 Å². The molecule has 0 radical (unpaired) electrons. The van der Waals surface area contributed by atoms with Crippen molar-refractivity contribution in [3.8, 4) is 6.01 Å². The number of aromatic nitrogens is 3. The zero-order valence-electron chi connectivity index (χ0n) is 10.4. The van der Waals surface area contributed by atoms with Gasteiger partial charge in [0.15, 0.2) is 0 Å². The van der Waals surface area contributed by atoms with Gasteiger partial charge < -0.3 is 4.74 Å². The molecule has 2 N–H and O–H groups in total. The van der Waals surface area contributed by atoms with E-state index in [1.54, 1.807) is 0 Å². The molecule has 1 atom stereocenters. The van der Waals surface area contributed by atoms with Gasteiger partial charge in [0.1, 0.15) is 0 Å². The van der Waals surface area contributed by atoms with Crippen LogP contribution < -0.4 is 10.1 Å². The minimum Gasteiger partial charge on any atom is -0.466 e. The molecule has 1 aromatic rings. The molecule has 2 rings (SSSR count). The number of hydrogen-bond donors (Lipinski definition) is 2. The number of ether oxygens (including phenoxy) is 1. The highest BCUT2D eigenvalue weighted by Crippen LogP contribution is 2.42. The first-order valence-electron chi connectivity index (χ1n) is 5.80. The summed E-state index contributed by atoms with van der Waals surface area (Å²) in [6.07, 6.45) is 3.12. The van der Waals surface area contributed by atoms with Crippen LogP contribution >= 0.6 is 0 Å². The summed E-state index contributed by atoms with van der Waals surface area (Å²) in [4.78, 5) is 16.1. The number of nitrogens with zero attached hydrogens (tertiary/aromatic N) is 2. The molecule has 0 saturated heterocycles. The molecule has 1 aliphatic carbocycles. The number of methoxy groups -OCH3 is 1. The Bertz CT molecular complexity index is 413. The molecule has 0 aromatic carbocycles. The lowest BCUT2D eigenvalue weighted by Gasteiger charge is -2.25. The average Bonchev–Trinajstić information content (AvgIpc) is 2.84. The van der Waals surface area contributed by atoms with Crippen LogP contribution in [0.15, 0.2) is 0 Å². The summed E-state index contributed by atoms with van der Waals surface area (Å²) >= 11 is 0. The Morgan fingerprint density at radius 2 is 2.35 bits per heavy atom. The molecule has 17 heavy (non-hydrogen) atoms. The molecule has 0 bridgehead atoms. The van der Waals surface area contributed by atoms with Crippen LogP contribution in [0.2, 0.25) is 0 Å². The van der Waals surface area contributed by atoms with E-state index in [0.29, 0.717) is 5.95 Å². The molecule has 6 heteroatoms. The smallest absolute Gasteiger partial charge is 0.336 e. The van der Waals surface area contributed by atoms with Gasteiger partial charge >= 0.3 is 6.01 Å². The Labute approximate surface area is 100 Å². The number of anilines is 1. The maximum Gasteiger partial charge on any atom is 0.336 e. The van der Waals surface area contributed by atoms with Crippen LogP contribution in [0.1, 0.15) is 33.1 Å². The number of hydrogen-bond acceptors (Lipinski definition) is 4. The molecule has 1 heterocycles. The molecule has 1 amide bonds. The minimum atomic E-state index is 0.00584. The van der Waals surface area contributed by atoms with E-state index in [1.165, 1.54) is 7.11 Å². The fourth-order valence-electron chi connectivity index (χ4n) is 2.41. The SMILES string of the molecule is COc1n[nH]c(NC(=O)C2CCCC2(C)C)n1. The number of carbonyl (C=O) groups is 1. The van der Waals surface area contributed by atoms with Crippen molar-refractivity contribution in [3.05, 3.63) is 0 Å². The molecule has 1 saturated carbocycles. The predicted molar refractivity (Wildman–Crippen MR) is 62.7 cm³/mol. The van der Waals surface area contributed by atoms with Crippen molar-refractivity contribution in [2.45, 2.75) is 33.1 Å². The average molecular weight is 238 g/mol. The van der Waals surface area contributed by atoms with E-state index in [-0.39, 0.29) is 23.3 Å². The van der Waals surface area contributed by atoms with Gasteiger partial charge in [-0.1, -0.05) is 20.3 Å². The molecule has 1 unspecified atom stereocenters. The first-order chi connectivity index (χ1) is 8.03. The van der Waals surface area contributed by atoms with E-state index in [4.69, 9.17) is 4.74 Å². The van der Waals surface area contributed by atoms with E-state index < -0.39 is 0 Å². The number of amides is 1. The second kappa shape index (κ2) is 4.35. The second-order valence-corrected chi connectivity index (χ2v) is 5.09. The highest BCUT2D eigenvalue weighted by Gasteiger charge is 2.39. The first-order valence-corrected chi connectivity index (χ1v) is 5.80. The molecule has 94 valence electrons. The van der Waals surface area contributed by atoms with Gasteiger partial charge in [0.25, 0.3) is 0 Å². The highest BCUT2D eigenvalue weighted by molar-refractivity contribution is 5.91. The van der Waals surface area contributed by atoms with Crippen LogP contribution in [0.5, 0.6) is 6.01 Å². The summed E-state index contributed by atoms with van der Waals surface area (Å²) in [5.74, 6) is 0.388. The normalized spacial score (nSPS) is 22.4. The monoisotopic (exact) mass is 238 g/mol.